The Bertz CT molecular complexity index is 391. The van der Waals surface area contributed by atoms with Gasteiger partial charge < -0.3 is 5.32 Å². The van der Waals surface area contributed by atoms with Gasteiger partial charge in [-0.15, -0.1) is 0 Å². The topological polar surface area (TPSA) is 32.3 Å². The van der Waals surface area contributed by atoms with Crippen LogP contribution in [-0.2, 0) is 6.54 Å². The summed E-state index contributed by atoms with van der Waals surface area (Å²) >= 11 is 0. The summed E-state index contributed by atoms with van der Waals surface area (Å²) in [6.45, 7) is 7.40. The largest absolute Gasteiger partial charge is 0.349 e. The normalized spacial score (nSPS) is 14.8. The van der Waals surface area contributed by atoms with Crippen LogP contribution in [0, 0.1) is 0 Å². The first kappa shape index (κ1) is 13.1. The first-order chi connectivity index (χ1) is 8.72. The molecule has 0 aromatic heterocycles. The molecule has 1 aromatic rings. The molecular weight excluding hydrogens is 224 g/mol. The second-order valence-electron chi connectivity index (χ2n) is 4.91. The fourth-order valence-corrected chi connectivity index (χ4v) is 1.96. The molecule has 1 N–H and O–H groups in total. The summed E-state index contributed by atoms with van der Waals surface area (Å²) in [5.41, 5.74) is 2.03. The van der Waals surface area contributed by atoms with E-state index in [0.717, 1.165) is 38.0 Å². The minimum Gasteiger partial charge on any atom is -0.349 e. The Balaban J connectivity index is 1.93. The van der Waals surface area contributed by atoms with Crippen LogP contribution < -0.4 is 5.32 Å². The summed E-state index contributed by atoms with van der Waals surface area (Å²) in [5, 5.41) is 3.00. The van der Waals surface area contributed by atoms with Gasteiger partial charge in [-0.05, 0) is 43.6 Å². The lowest BCUT2D eigenvalue weighted by molar-refractivity contribution is 0.0951. The van der Waals surface area contributed by atoms with Gasteiger partial charge in [0.15, 0.2) is 0 Å². The molecule has 1 saturated carbocycles. The third-order valence-corrected chi connectivity index (χ3v) is 3.43. The van der Waals surface area contributed by atoms with Crippen molar-refractivity contribution in [2.75, 3.05) is 13.1 Å². The highest BCUT2D eigenvalue weighted by atomic mass is 16.1. The zero-order valence-corrected chi connectivity index (χ0v) is 11.3. The van der Waals surface area contributed by atoms with E-state index in [0.29, 0.717) is 6.04 Å². The number of nitrogens with one attached hydrogen (secondary N) is 1. The first-order valence-electron chi connectivity index (χ1n) is 6.85. The molecule has 0 spiro atoms. The molecule has 0 bridgehead atoms. The van der Waals surface area contributed by atoms with Crippen LogP contribution in [0.15, 0.2) is 24.3 Å². The molecule has 1 aliphatic carbocycles. The molecule has 0 radical (unpaired) electrons. The molecule has 2 rings (SSSR count). The lowest BCUT2D eigenvalue weighted by atomic mass is 10.1. The van der Waals surface area contributed by atoms with E-state index in [9.17, 15) is 4.79 Å². The average Bonchev–Trinajstić information content (AvgIpc) is 3.20. The maximum absolute atomic E-state index is 11.8. The Morgan fingerprint density at radius 1 is 1.22 bits per heavy atom. The van der Waals surface area contributed by atoms with Crippen molar-refractivity contribution in [1.29, 1.82) is 0 Å². The molecular formula is C15H22N2O. The smallest absolute Gasteiger partial charge is 0.251 e. The van der Waals surface area contributed by atoms with Crippen molar-refractivity contribution in [3.05, 3.63) is 35.4 Å². The predicted octanol–water partition coefficient (Wildman–Crippen LogP) is 2.42. The summed E-state index contributed by atoms with van der Waals surface area (Å²) in [4.78, 5) is 14.2. The molecule has 1 aromatic carbocycles. The molecule has 1 amide bonds. The quantitative estimate of drug-likeness (QED) is 0.836. The van der Waals surface area contributed by atoms with Crippen LogP contribution in [0.1, 0.15) is 42.6 Å². The van der Waals surface area contributed by atoms with Crippen molar-refractivity contribution in [1.82, 2.24) is 10.2 Å². The van der Waals surface area contributed by atoms with Gasteiger partial charge in [0.05, 0.1) is 0 Å². The molecule has 3 nitrogen and oxygen atoms in total. The molecule has 98 valence electrons. The zero-order chi connectivity index (χ0) is 13.0. The minimum atomic E-state index is 0.0619. The van der Waals surface area contributed by atoms with Gasteiger partial charge in [-0.3, -0.25) is 9.69 Å². The SMILES string of the molecule is CCN(CC)Cc1ccc(C(=O)NC2CC2)cc1. The van der Waals surface area contributed by atoms with Crippen molar-refractivity contribution in [2.45, 2.75) is 39.3 Å². The minimum absolute atomic E-state index is 0.0619. The standard InChI is InChI=1S/C15H22N2O/c1-3-17(4-2)11-12-5-7-13(8-6-12)15(18)16-14-9-10-14/h5-8,14H,3-4,9-11H2,1-2H3,(H,16,18). The summed E-state index contributed by atoms with van der Waals surface area (Å²) < 4.78 is 0. The van der Waals surface area contributed by atoms with Gasteiger partial charge in [0.2, 0.25) is 0 Å². The van der Waals surface area contributed by atoms with Gasteiger partial charge in [-0.25, -0.2) is 0 Å². The Morgan fingerprint density at radius 2 is 1.83 bits per heavy atom. The maximum atomic E-state index is 11.8. The van der Waals surface area contributed by atoms with Crippen molar-refractivity contribution in [2.24, 2.45) is 0 Å². The van der Waals surface area contributed by atoms with E-state index in [-0.39, 0.29) is 5.91 Å². The zero-order valence-electron chi connectivity index (χ0n) is 11.3. The highest BCUT2D eigenvalue weighted by molar-refractivity contribution is 5.94. The van der Waals surface area contributed by atoms with Gasteiger partial charge >= 0.3 is 0 Å². The maximum Gasteiger partial charge on any atom is 0.251 e. The van der Waals surface area contributed by atoms with Crippen molar-refractivity contribution >= 4 is 5.91 Å². The van der Waals surface area contributed by atoms with E-state index in [1.165, 1.54) is 5.56 Å². The van der Waals surface area contributed by atoms with Crippen LogP contribution >= 0.6 is 0 Å². The fraction of sp³-hybridized carbons (Fsp3) is 0.533. The van der Waals surface area contributed by atoms with Crippen LogP contribution in [0.25, 0.3) is 0 Å². The average molecular weight is 246 g/mol. The molecule has 0 aliphatic heterocycles. The molecule has 1 fully saturated rings. The van der Waals surface area contributed by atoms with Gasteiger partial charge in [-0.2, -0.15) is 0 Å². The molecule has 3 heteroatoms. The summed E-state index contributed by atoms with van der Waals surface area (Å²) in [6.07, 6.45) is 2.26. The van der Waals surface area contributed by atoms with Crippen LogP contribution in [0.4, 0.5) is 0 Å². The number of nitrogens with zero attached hydrogens (tertiary/aromatic N) is 1. The molecule has 18 heavy (non-hydrogen) atoms. The Kier molecular flexibility index (Phi) is 4.37. The number of hydrogen-bond donors (Lipinski definition) is 1. The third kappa shape index (κ3) is 3.57. The van der Waals surface area contributed by atoms with E-state index < -0.39 is 0 Å². The lowest BCUT2D eigenvalue weighted by Crippen LogP contribution is -2.25. The third-order valence-electron chi connectivity index (χ3n) is 3.43. The lowest BCUT2D eigenvalue weighted by Gasteiger charge is -2.18. The van der Waals surface area contributed by atoms with E-state index in [4.69, 9.17) is 0 Å². The van der Waals surface area contributed by atoms with E-state index >= 15 is 0 Å². The number of amides is 1. The highest BCUT2D eigenvalue weighted by Crippen LogP contribution is 2.19. The van der Waals surface area contributed by atoms with E-state index in [1.807, 2.05) is 12.1 Å². The van der Waals surface area contributed by atoms with Crippen LogP contribution in [0.2, 0.25) is 0 Å². The van der Waals surface area contributed by atoms with E-state index in [2.05, 4.69) is 36.2 Å². The Labute approximate surface area is 109 Å². The van der Waals surface area contributed by atoms with Gasteiger partial charge in [-0.1, -0.05) is 26.0 Å². The monoisotopic (exact) mass is 246 g/mol. The number of carbonyl (C=O) groups is 1. The molecule has 1 aliphatic rings. The second kappa shape index (κ2) is 6.01. The first-order valence-corrected chi connectivity index (χ1v) is 6.85. The van der Waals surface area contributed by atoms with Gasteiger partial charge in [0.1, 0.15) is 0 Å². The van der Waals surface area contributed by atoms with Crippen LogP contribution in [0.3, 0.4) is 0 Å². The molecule has 0 saturated heterocycles. The molecule has 0 atom stereocenters. The second-order valence-corrected chi connectivity index (χ2v) is 4.91. The Hall–Kier alpha value is -1.35. The number of carbonyl (C=O) groups excluding carboxylic acids is 1. The summed E-state index contributed by atoms with van der Waals surface area (Å²) in [7, 11) is 0. The van der Waals surface area contributed by atoms with Crippen molar-refractivity contribution in [3.63, 3.8) is 0 Å². The number of hydrogen-bond acceptors (Lipinski definition) is 2. The molecule has 0 unspecified atom stereocenters. The van der Waals surface area contributed by atoms with Gasteiger partial charge in [0, 0.05) is 18.2 Å². The molecule has 0 heterocycles. The van der Waals surface area contributed by atoms with Crippen LogP contribution in [-0.4, -0.2) is 29.9 Å². The van der Waals surface area contributed by atoms with Crippen LogP contribution in [0.5, 0.6) is 0 Å². The number of benzene rings is 1. The summed E-state index contributed by atoms with van der Waals surface area (Å²) in [5.74, 6) is 0.0619. The van der Waals surface area contributed by atoms with E-state index in [1.54, 1.807) is 0 Å². The van der Waals surface area contributed by atoms with Gasteiger partial charge in [0.25, 0.3) is 5.91 Å². The fourth-order valence-electron chi connectivity index (χ4n) is 1.96. The Morgan fingerprint density at radius 3 is 2.33 bits per heavy atom. The number of rotatable bonds is 6. The van der Waals surface area contributed by atoms with Crippen molar-refractivity contribution < 1.29 is 4.79 Å². The predicted molar refractivity (Wildman–Crippen MR) is 73.6 cm³/mol. The highest BCUT2D eigenvalue weighted by Gasteiger charge is 2.23. The van der Waals surface area contributed by atoms with Crippen molar-refractivity contribution in [3.8, 4) is 0 Å². The summed E-state index contributed by atoms with van der Waals surface area (Å²) in [6, 6.07) is 8.39.